The molecule has 1 aliphatic carbocycles. The minimum atomic E-state index is -4.49. The SMILES string of the molecule is Cn1c(=O)n(-c2ccc(C[C@H](NC(=O)c3cc(F)c(NS(=O)(=O)c4ccc(NC(=O)C5(O)CC5)cc4)cc3F)C(=O)O)cc2)c(=O)c2ccncc21. The molecule has 1 fully saturated rings. The van der Waals surface area contributed by atoms with Crippen LogP contribution in [0.5, 0.6) is 0 Å². The molecule has 1 atom stereocenters. The van der Waals surface area contributed by atoms with Gasteiger partial charge in [-0.25, -0.2) is 31.4 Å². The molecule has 6 rings (SSSR count). The molecule has 3 aromatic carbocycles. The van der Waals surface area contributed by atoms with E-state index in [1.165, 1.54) is 66.5 Å². The van der Waals surface area contributed by atoms with Crippen LogP contribution in [0.2, 0.25) is 0 Å². The Morgan fingerprint density at radius 2 is 1.65 bits per heavy atom. The number of halogens is 2. The maximum atomic E-state index is 15.1. The van der Waals surface area contributed by atoms with Gasteiger partial charge in [-0.05, 0) is 66.9 Å². The molecule has 0 spiro atoms. The largest absolute Gasteiger partial charge is 0.480 e. The number of hydrogen-bond acceptors (Lipinski definition) is 9. The molecular weight excluding hydrogens is 706 g/mol. The highest BCUT2D eigenvalue weighted by Gasteiger charge is 2.48. The summed E-state index contributed by atoms with van der Waals surface area (Å²) in [6.45, 7) is 0. The molecule has 52 heavy (non-hydrogen) atoms. The van der Waals surface area contributed by atoms with Crippen LogP contribution < -0.4 is 26.6 Å². The number of sulfonamides is 1. The van der Waals surface area contributed by atoms with Crippen molar-refractivity contribution in [1.29, 1.82) is 0 Å². The molecule has 268 valence electrons. The molecule has 2 aromatic heterocycles. The highest BCUT2D eigenvalue weighted by atomic mass is 32.2. The first-order chi connectivity index (χ1) is 24.6. The normalized spacial score (nSPS) is 14.0. The van der Waals surface area contributed by atoms with Gasteiger partial charge >= 0.3 is 11.7 Å². The van der Waals surface area contributed by atoms with Gasteiger partial charge in [-0.2, -0.15) is 0 Å². The number of nitrogens with zero attached hydrogens (tertiary/aromatic N) is 3. The molecule has 0 radical (unpaired) electrons. The fourth-order valence-electron chi connectivity index (χ4n) is 5.29. The first-order valence-electron chi connectivity index (χ1n) is 15.4. The van der Waals surface area contributed by atoms with Gasteiger partial charge < -0.3 is 20.8 Å². The third-order valence-electron chi connectivity index (χ3n) is 8.43. The predicted molar refractivity (Wildman–Crippen MR) is 182 cm³/mol. The van der Waals surface area contributed by atoms with Crippen LogP contribution in [0.3, 0.4) is 0 Å². The smallest absolute Gasteiger partial charge is 0.335 e. The van der Waals surface area contributed by atoms with Gasteiger partial charge in [0.05, 0.1) is 38.9 Å². The van der Waals surface area contributed by atoms with Crippen molar-refractivity contribution in [3.8, 4) is 5.69 Å². The Morgan fingerprint density at radius 1 is 0.981 bits per heavy atom. The van der Waals surface area contributed by atoms with Crippen LogP contribution in [0.4, 0.5) is 20.2 Å². The highest BCUT2D eigenvalue weighted by molar-refractivity contribution is 7.92. The molecule has 5 aromatic rings. The van der Waals surface area contributed by atoms with E-state index in [0.717, 1.165) is 16.7 Å². The van der Waals surface area contributed by atoms with Crippen LogP contribution in [0.15, 0.2) is 93.6 Å². The topological polar surface area (TPSA) is 219 Å². The minimum Gasteiger partial charge on any atom is -0.480 e. The van der Waals surface area contributed by atoms with E-state index in [-0.39, 0.29) is 28.1 Å². The lowest BCUT2D eigenvalue weighted by Gasteiger charge is -2.16. The molecule has 0 aliphatic heterocycles. The van der Waals surface area contributed by atoms with Crippen LogP contribution in [-0.4, -0.2) is 62.2 Å². The number of benzene rings is 3. The van der Waals surface area contributed by atoms with Crippen molar-refractivity contribution in [2.75, 3.05) is 10.0 Å². The van der Waals surface area contributed by atoms with E-state index in [2.05, 4.69) is 15.6 Å². The Balaban J connectivity index is 1.14. The molecule has 2 heterocycles. The fraction of sp³-hybridized carbons (Fsp3) is 0.176. The van der Waals surface area contributed by atoms with E-state index in [9.17, 15) is 42.6 Å². The van der Waals surface area contributed by atoms with Crippen molar-refractivity contribution in [3.05, 3.63) is 123 Å². The van der Waals surface area contributed by atoms with E-state index in [0.29, 0.717) is 36.1 Å². The number of amides is 2. The lowest BCUT2D eigenvalue weighted by Crippen LogP contribution is -2.42. The number of aromatic nitrogens is 3. The zero-order valence-electron chi connectivity index (χ0n) is 27.0. The summed E-state index contributed by atoms with van der Waals surface area (Å²) in [5, 5.41) is 24.5. The number of carboxylic acid groups (broad SMARTS) is 1. The first-order valence-corrected chi connectivity index (χ1v) is 16.9. The number of carboxylic acids is 1. The maximum Gasteiger partial charge on any atom is 0.335 e. The quantitative estimate of drug-likeness (QED) is 0.133. The van der Waals surface area contributed by atoms with E-state index in [4.69, 9.17) is 0 Å². The van der Waals surface area contributed by atoms with E-state index >= 15 is 8.78 Å². The third-order valence-corrected chi connectivity index (χ3v) is 9.81. The van der Waals surface area contributed by atoms with Crippen LogP contribution >= 0.6 is 0 Å². The molecule has 0 bridgehead atoms. The van der Waals surface area contributed by atoms with Gasteiger partial charge in [0.25, 0.3) is 27.4 Å². The van der Waals surface area contributed by atoms with E-state index < -0.39 is 73.6 Å². The second kappa shape index (κ2) is 13.5. The monoisotopic (exact) mass is 734 g/mol. The summed E-state index contributed by atoms with van der Waals surface area (Å²) >= 11 is 0. The second-order valence-corrected chi connectivity index (χ2v) is 13.7. The van der Waals surface area contributed by atoms with Crippen LogP contribution in [-0.2, 0) is 33.1 Å². The summed E-state index contributed by atoms with van der Waals surface area (Å²) in [4.78, 5) is 66.6. The summed E-state index contributed by atoms with van der Waals surface area (Å²) in [5.41, 5.74) is -3.38. The Bertz CT molecular complexity index is 2500. The van der Waals surface area contributed by atoms with Gasteiger partial charge in [0.15, 0.2) is 0 Å². The standard InChI is InChI=1S/C34H28F2N6O9S/c1-41-28-17-37-13-10-22(28)30(44)42(33(41)48)20-6-2-18(3-7-20)14-27(31(45)46)39-29(43)23-15-25(36)26(16-24(23)35)40-52(50,51)21-8-4-19(5-9-21)38-32(47)34(49)11-12-34/h2-10,13,15-17,27,40,49H,11-12,14H2,1H3,(H,38,47)(H,39,43)(H,45,46)/t27-/m0/s1. The zero-order valence-corrected chi connectivity index (χ0v) is 27.8. The predicted octanol–water partition coefficient (Wildman–Crippen LogP) is 2.05. The molecular formula is C34H28F2N6O9S. The number of nitrogens with one attached hydrogen (secondary N) is 3. The van der Waals surface area contributed by atoms with Crippen LogP contribution in [0.25, 0.3) is 16.6 Å². The zero-order chi connectivity index (χ0) is 37.5. The Kier molecular flexibility index (Phi) is 9.20. The van der Waals surface area contributed by atoms with E-state index in [1.54, 1.807) is 0 Å². The molecule has 18 heteroatoms. The molecule has 5 N–H and O–H groups in total. The van der Waals surface area contributed by atoms with Gasteiger partial charge in [0, 0.05) is 31.4 Å². The summed E-state index contributed by atoms with van der Waals surface area (Å²) in [6, 6.07) is 11.0. The Hall–Kier alpha value is -6.27. The summed E-state index contributed by atoms with van der Waals surface area (Å²) in [6.07, 6.45) is 3.07. The van der Waals surface area contributed by atoms with Crippen LogP contribution in [0, 0.1) is 11.6 Å². The molecule has 15 nitrogen and oxygen atoms in total. The average molecular weight is 735 g/mol. The molecule has 1 saturated carbocycles. The lowest BCUT2D eigenvalue weighted by molar-refractivity contribution is -0.139. The molecule has 1 aliphatic rings. The number of fused-ring (bicyclic) bond motifs is 1. The molecule has 0 unspecified atom stereocenters. The van der Waals surface area contributed by atoms with E-state index in [1.807, 2.05) is 4.72 Å². The number of hydrogen-bond donors (Lipinski definition) is 5. The maximum absolute atomic E-state index is 15.1. The minimum absolute atomic E-state index is 0.187. The number of aliphatic hydroxyl groups is 1. The number of carbonyl (C=O) groups is 3. The summed E-state index contributed by atoms with van der Waals surface area (Å²) in [5.74, 6) is -6.16. The number of anilines is 2. The highest BCUT2D eigenvalue weighted by Crippen LogP contribution is 2.36. The Labute approximate surface area is 292 Å². The number of aliphatic carboxylic acids is 1. The van der Waals surface area contributed by atoms with Gasteiger partial charge in [-0.1, -0.05) is 12.1 Å². The summed E-state index contributed by atoms with van der Waals surface area (Å²) < 4.78 is 59.9. The number of aryl methyl sites for hydroxylation is 1. The molecule has 0 saturated heterocycles. The number of carbonyl (C=O) groups excluding carboxylic acids is 2. The van der Waals surface area contributed by atoms with Crippen molar-refractivity contribution in [3.63, 3.8) is 0 Å². The Morgan fingerprint density at radius 3 is 2.29 bits per heavy atom. The van der Waals surface area contributed by atoms with Gasteiger partial charge in [-0.3, -0.25) is 28.7 Å². The van der Waals surface area contributed by atoms with Crippen molar-refractivity contribution in [2.24, 2.45) is 7.05 Å². The van der Waals surface area contributed by atoms with Crippen molar-refractivity contribution in [2.45, 2.75) is 35.8 Å². The first kappa shape index (κ1) is 35.6. The fourth-order valence-corrected chi connectivity index (χ4v) is 6.35. The van der Waals surface area contributed by atoms with Gasteiger partial charge in [0.2, 0.25) is 0 Å². The average Bonchev–Trinajstić information content (AvgIpc) is 3.87. The van der Waals surface area contributed by atoms with Crippen molar-refractivity contribution < 1.29 is 41.8 Å². The lowest BCUT2D eigenvalue weighted by atomic mass is 10.0. The van der Waals surface area contributed by atoms with Crippen molar-refractivity contribution in [1.82, 2.24) is 19.4 Å². The molecule has 2 amide bonds. The van der Waals surface area contributed by atoms with Gasteiger partial charge in [0.1, 0.15) is 23.3 Å². The third kappa shape index (κ3) is 7.01. The second-order valence-electron chi connectivity index (χ2n) is 12.0. The van der Waals surface area contributed by atoms with Crippen molar-refractivity contribution >= 4 is 50.1 Å². The number of rotatable bonds is 11. The van der Waals surface area contributed by atoms with Crippen LogP contribution in [0.1, 0.15) is 28.8 Å². The number of pyridine rings is 1. The summed E-state index contributed by atoms with van der Waals surface area (Å²) in [7, 11) is -3.01. The van der Waals surface area contributed by atoms with Gasteiger partial charge in [-0.15, -0.1) is 0 Å².